The molecule has 2 atom stereocenters. The van der Waals surface area contributed by atoms with Gasteiger partial charge in [0.25, 0.3) is 5.91 Å². The molecule has 1 saturated heterocycles. The van der Waals surface area contributed by atoms with Crippen molar-refractivity contribution in [2.75, 3.05) is 27.3 Å². The molecule has 3 aromatic heterocycles. The van der Waals surface area contributed by atoms with Gasteiger partial charge in [-0.15, -0.1) is 0 Å². The van der Waals surface area contributed by atoms with E-state index in [1.54, 1.807) is 25.3 Å². The maximum atomic E-state index is 14.3. The molecule has 0 spiro atoms. The minimum atomic E-state index is -1.15. The number of ether oxygens (including phenoxy) is 2. The molecule has 2 aromatic carbocycles. The fourth-order valence-corrected chi connectivity index (χ4v) is 6.46. The van der Waals surface area contributed by atoms with E-state index >= 15 is 0 Å². The van der Waals surface area contributed by atoms with Gasteiger partial charge in [-0.1, -0.05) is 24.3 Å². The summed E-state index contributed by atoms with van der Waals surface area (Å²) in [5.74, 6) is 1.12. The predicted octanol–water partition coefficient (Wildman–Crippen LogP) is 5.37. The molecule has 1 aliphatic heterocycles. The number of pyridine rings is 1. The number of carbonyl (C=O) groups is 2. The van der Waals surface area contributed by atoms with Crippen LogP contribution in [0.5, 0.6) is 5.75 Å². The zero-order chi connectivity index (χ0) is 32.8. The number of benzene rings is 2. The van der Waals surface area contributed by atoms with Crippen LogP contribution in [0.1, 0.15) is 35.2 Å². The second-order valence-electron chi connectivity index (χ2n) is 12.5. The second kappa shape index (κ2) is 12.3. The van der Waals surface area contributed by atoms with Crippen LogP contribution in [0.2, 0.25) is 0 Å². The summed E-state index contributed by atoms with van der Waals surface area (Å²) in [6.07, 6.45) is 4.55. The van der Waals surface area contributed by atoms with Crippen LogP contribution in [0.3, 0.4) is 0 Å². The first-order valence-electron chi connectivity index (χ1n) is 15.8. The van der Waals surface area contributed by atoms with E-state index in [4.69, 9.17) is 20.4 Å². The number of piperidine rings is 1. The number of carbonyl (C=O) groups excluding carboxylic acids is 2. The van der Waals surface area contributed by atoms with Crippen molar-refractivity contribution >= 4 is 40.0 Å². The first kappa shape index (κ1) is 30.6. The number of imidazole rings is 1. The molecule has 242 valence electrons. The van der Waals surface area contributed by atoms with E-state index in [0.717, 1.165) is 51.4 Å². The Morgan fingerprint density at radius 2 is 1.83 bits per heavy atom. The van der Waals surface area contributed by atoms with Gasteiger partial charge in [0, 0.05) is 48.8 Å². The minimum Gasteiger partial charge on any atom is -0.494 e. The Morgan fingerprint density at radius 1 is 1.04 bits per heavy atom. The monoisotopic (exact) mass is 636 g/mol. The highest BCUT2D eigenvalue weighted by Crippen LogP contribution is 2.38. The average Bonchev–Trinajstić information content (AvgIpc) is 3.75. The number of hydrogen-bond acceptors (Lipinski definition) is 7. The van der Waals surface area contributed by atoms with Crippen molar-refractivity contribution in [1.29, 1.82) is 0 Å². The summed E-state index contributed by atoms with van der Waals surface area (Å²) in [5.41, 5.74) is 12.3. The fraction of sp³-hybridized carbons (Fsp3) is 0.333. The Labute approximate surface area is 271 Å². The number of alkyl halides is 1. The molecule has 1 amide bonds. The zero-order valence-corrected chi connectivity index (χ0v) is 26.6. The standard InChI is InChI=1S/C36H37FN6O4/c1-41-33-29(14-25(16-31(33)46-2)36(45)42-19-26(37)17-27(38)20-42)40-35(41)30-15-24-11-12-28(39-34(24)43(30)18-22-4-5-22)23-9-6-21(7-10-23)8-13-32(44)47-3/h6-16,22,26-27H,4-5,17-20,38H2,1-3H3/b13-8+/t26-,27-/m1/s1. The quantitative estimate of drug-likeness (QED) is 0.180. The van der Waals surface area contributed by atoms with Gasteiger partial charge in [-0.25, -0.2) is 19.2 Å². The van der Waals surface area contributed by atoms with Gasteiger partial charge in [-0.3, -0.25) is 4.79 Å². The maximum Gasteiger partial charge on any atom is 0.330 e. The summed E-state index contributed by atoms with van der Waals surface area (Å²) in [4.78, 5) is 36.6. The molecule has 0 radical (unpaired) electrons. The Hall–Kier alpha value is -5.03. The summed E-state index contributed by atoms with van der Waals surface area (Å²) in [6.45, 7) is 1.14. The minimum absolute atomic E-state index is 0.0210. The van der Waals surface area contributed by atoms with E-state index in [-0.39, 0.29) is 18.9 Å². The van der Waals surface area contributed by atoms with E-state index in [2.05, 4.69) is 21.4 Å². The molecular weight excluding hydrogens is 599 g/mol. The zero-order valence-electron chi connectivity index (χ0n) is 26.6. The third-order valence-corrected chi connectivity index (χ3v) is 9.05. The summed E-state index contributed by atoms with van der Waals surface area (Å²) >= 11 is 0. The summed E-state index contributed by atoms with van der Waals surface area (Å²) in [5, 5.41) is 0.999. The largest absolute Gasteiger partial charge is 0.494 e. The number of nitrogens with zero attached hydrogens (tertiary/aromatic N) is 5. The van der Waals surface area contributed by atoms with Crippen LogP contribution < -0.4 is 10.5 Å². The number of fused-ring (bicyclic) bond motifs is 2. The van der Waals surface area contributed by atoms with E-state index in [1.807, 2.05) is 41.9 Å². The smallest absolute Gasteiger partial charge is 0.330 e. The third kappa shape index (κ3) is 5.98. The number of aryl methyl sites for hydroxylation is 1. The van der Waals surface area contributed by atoms with Crippen molar-refractivity contribution in [3.8, 4) is 28.5 Å². The molecule has 2 fully saturated rings. The Balaban J connectivity index is 1.28. The average molecular weight is 637 g/mol. The molecule has 11 heteroatoms. The summed E-state index contributed by atoms with van der Waals surface area (Å²) < 4.78 is 29.0. The topological polar surface area (TPSA) is 118 Å². The van der Waals surface area contributed by atoms with Gasteiger partial charge in [0.1, 0.15) is 23.1 Å². The van der Waals surface area contributed by atoms with Crippen molar-refractivity contribution in [2.45, 2.75) is 38.0 Å². The Bertz CT molecular complexity index is 2020. The lowest BCUT2D eigenvalue weighted by Gasteiger charge is -2.33. The number of likely N-dealkylation sites (tertiary alicyclic amines) is 1. The second-order valence-corrected chi connectivity index (χ2v) is 12.5. The van der Waals surface area contributed by atoms with Gasteiger partial charge in [0.2, 0.25) is 0 Å². The van der Waals surface area contributed by atoms with Crippen LogP contribution in [0, 0.1) is 5.92 Å². The molecule has 1 aliphatic carbocycles. The van der Waals surface area contributed by atoms with Gasteiger partial charge < -0.3 is 29.2 Å². The van der Waals surface area contributed by atoms with Crippen molar-refractivity contribution in [2.24, 2.45) is 18.7 Å². The fourth-order valence-electron chi connectivity index (χ4n) is 6.46. The Kier molecular flexibility index (Phi) is 8.01. The first-order chi connectivity index (χ1) is 22.7. The Morgan fingerprint density at radius 3 is 2.53 bits per heavy atom. The number of rotatable bonds is 8. The molecule has 4 heterocycles. The van der Waals surface area contributed by atoms with Crippen LogP contribution in [0.4, 0.5) is 4.39 Å². The van der Waals surface area contributed by atoms with Gasteiger partial charge in [0.15, 0.2) is 5.82 Å². The van der Waals surface area contributed by atoms with Gasteiger partial charge in [-0.2, -0.15) is 0 Å². The highest BCUT2D eigenvalue weighted by molar-refractivity contribution is 6.00. The highest BCUT2D eigenvalue weighted by Gasteiger charge is 2.30. The molecule has 1 saturated carbocycles. The molecule has 5 aromatic rings. The maximum absolute atomic E-state index is 14.3. The van der Waals surface area contributed by atoms with E-state index in [1.165, 1.54) is 30.9 Å². The molecule has 7 rings (SSSR count). The van der Waals surface area contributed by atoms with Crippen LogP contribution in [0.25, 0.3) is 50.9 Å². The number of amides is 1. The lowest BCUT2D eigenvalue weighted by molar-refractivity contribution is -0.134. The first-order valence-corrected chi connectivity index (χ1v) is 15.8. The highest BCUT2D eigenvalue weighted by atomic mass is 19.1. The lowest BCUT2D eigenvalue weighted by atomic mass is 10.0. The summed E-state index contributed by atoms with van der Waals surface area (Å²) in [6, 6.07) is 17.1. The normalized spacial score (nSPS) is 18.4. The van der Waals surface area contributed by atoms with E-state index < -0.39 is 18.2 Å². The number of methoxy groups -OCH3 is 2. The molecule has 47 heavy (non-hydrogen) atoms. The number of nitrogens with two attached hydrogens (primary N) is 1. The van der Waals surface area contributed by atoms with E-state index in [9.17, 15) is 14.0 Å². The predicted molar refractivity (Wildman–Crippen MR) is 179 cm³/mol. The molecule has 2 N–H and O–H groups in total. The van der Waals surface area contributed by atoms with Crippen molar-refractivity contribution in [1.82, 2.24) is 24.0 Å². The SMILES string of the molecule is COC(=O)/C=C/c1ccc(-c2ccc3cc(-c4nc5cc(C(=O)N6C[C@H](N)C[C@@H](F)C6)cc(OC)c5n4C)n(CC4CC4)c3n2)cc1. The number of halogens is 1. The number of esters is 1. The molecule has 0 bridgehead atoms. The van der Waals surface area contributed by atoms with Crippen molar-refractivity contribution in [3.63, 3.8) is 0 Å². The van der Waals surface area contributed by atoms with Crippen LogP contribution in [-0.4, -0.2) is 75.4 Å². The lowest BCUT2D eigenvalue weighted by Crippen LogP contribution is -2.50. The third-order valence-electron chi connectivity index (χ3n) is 9.05. The molecule has 0 unspecified atom stereocenters. The summed E-state index contributed by atoms with van der Waals surface area (Å²) in [7, 11) is 4.87. The van der Waals surface area contributed by atoms with Crippen LogP contribution in [-0.2, 0) is 23.1 Å². The van der Waals surface area contributed by atoms with Gasteiger partial charge in [-0.05, 0) is 67.2 Å². The van der Waals surface area contributed by atoms with E-state index in [0.29, 0.717) is 29.3 Å². The molecule has 2 aliphatic rings. The molecular formula is C36H37FN6O4. The molecule has 10 nitrogen and oxygen atoms in total. The van der Waals surface area contributed by atoms with Crippen LogP contribution >= 0.6 is 0 Å². The van der Waals surface area contributed by atoms with Crippen molar-refractivity contribution in [3.05, 3.63) is 71.8 Å². The number of aromatic nitrogens is 4. The number of hydrogen-bond donors (Lipinski definition) is 1. The van der Waals surface area contributed by atoms with Gasteiger partial charge in [0.05, 0.1) is 37.7 Å². The van der Waals surface area contributed by atoms with Crippen LogP contribution in [0.15, 0.2) is 60.7 Å². The van der Waals surface area contributed by atoms with Gasteiger partial charge >= 0.3 is 5.97 Å². The van der Waals surface area contributed by atoms with Crippen molar-refractivity contribution < 1.29 is 23.5 Å².